The van der Waals surface area contributed by atoms with Crippen LogP contribution in [-0.4, -0.2) is 46.9 Å². The van der Waals surface area contributed by atoms with E-state index >= 15 is 0 Å². The first-order valence-electron chi connectivity index (χ1n) is 11.8. The number of carbonyl (C=O) groups is 1. The molecule has 0 saturated carbocycles. The average Bonchev–Trinajstić information content (AvgIpc) is 3.43. The Morgan fingerprint density at radius 1 is 1.06 bits per heavy atom. The number of imidazole rings is 1. The lowest BCUT2D eigenvalue weighted by atomic mass is 10.1. The van der Waals surface area contributed by atoms with E-state index in [-0.39, 0.29) is 18.4 Å². The summed E-state index contributed by atoms with van der Waals surface area (Å²) in [5.74, 6) is 2.25. The van der Waals surface area contributed by atoms with Crippen LogP contribution in [0, 0.1) is 6.92 Å². The maximum atomic E-state index is 12.9. The summed E-state index contributed by atoms with van der Waals surface area (Å²) in [6, 6.07) is 23.1. The molecule has 180 valence electrons. The fourth-order valence-electron chi connectivity index (χ4n) is 4.65. The van der Waals surface area contributed by atoms with Gasteiger partial charge in [-0.25, -0.2) is 4.98 Å². The van der Waals surface area contributed by atoms with Gasteiger partial charge in [-0.05, 0) is 61.0 Å². The molecular weight excluding hydrogens is 442 g/mol. The van der Waals surface area contributed by atoms with Gasteiger partial charge in [0.05, 0.1) is 24.7 Å². The minimum Gasteiger partial charge on any atom is -0.497 e. The quantitative estimate of drug-likeness (QED) is 0.414. The first-order chi connectivity index (χ1) is 17.0. The van der Waals surface area contributed by atoms with Crippen molar-refractivity contribution < 1.29 is 19.4 Å². The maximum Gasteiger partial charge on any atom is 0.227 e. The van der Waals surface area contributed by atoms with E-state index in [9.17, 15) is 9.90 Å². The van der Waals surface area contributed by atoms with Crippen molar-refractivity contribution in [3.8, 4) is 11.5 Å². The van der Waals surface area contributed by atoms with Crippen LogP contribution in [0.3, 0.4) is 0 Å². The monoisotopic (exact) mass is 471 g/mol. The summed E-state index contributed by atoms with van der Waals surface area (Å²) in [5, 5.41) is 10.8. The molecule has 1 N–H and O–H groups in total. The van der Waals surface area contributed by atoms with Crippen molar-refractivity contribution in [1.29, 1.82) is 0 Å². The molecule has 3 aromatic carbocycles. The van der Waals surface area contributed by atoms with Gasteiger partial charge in [0.1, 0.15) is 30.0 Å². The lowest BCUT2D eigenvalue weighted by Crippen LogP contribution is -2.26. The minimum atomic E-state index is -0.751. The number of rotatable bonds is 8. The predicted molar refractivity (Wildman–Crippen MR) is 135 cm³/mol. The number of nitrogens with zero attached hydrogens (tertiary/aromatic N) is 3. The van der Waals surface area contributed by atoms with Crippen molar-refractivity contribution in [2.24, 2.45) is 0 Å². The summed E-state index contributed by atoms with van der Waals surface area (Å²) in [7, 11) is 1.62. The topological polar surface area (TPSA) is 76.8 Å². The number of aryl methyl sites for hydroxylation is 1. The van der Waals surface area contributed by atoms with E-state index in [0.717, 1.165) is 33.9 Å². The highest BCUT2D eigenvalue weighted by atomic mass is 16.5. The van der Waals surface area contributed by atoms with E-state index in [0.29, 0.717) is 25.3 Å². The van der Waals surface area contributed by atoms with Crippen LogP contribution in [0.25, 0.3) is 11.0 Å². The summed E-state index contributed by atoms with van der Waals surface area (Å²) in [4.78, 5) is 19.7. The lowest BCUT2D eigenvalue weighted by molar-refractivity contribution is -0.117. The molecule has 4 aromatic rings. The van der Waals surface area contributed by atoms with Gasteiger partial charge in [-0.1, -0.05) is 24.3 Å². The van der Waals surface area contributed by atoms with Crippen LogP contribution in [-0.2, 0) is 11.3 Å². The Bertz CT molecular complexity index is 1330. The van der Waals surface area contributed by atoms with Crippen molar-refractivity contribution in [2.75, 3.05) is 25.2 Å². The molecule has 2 atom stereocenters. The molecule has 0 bridgehead atoms. The number of aromatic nitrogens is 2. The van der Waals surface area contributed by atoms with E-state index in [1.807, 2.05) is 89.2 Å². The Morgan fingerprint density at radius 3 is 2.60 bits per heavy atom. The number of ether oxygens (including phenoxy) is 2. The number of methoxy groups -OCH3 is 1. The van der Waals surface area contributed by atoms with Crippen LogP contribution >= 0.6 is 0 Å². The maximum absolute atomic E-state index is 12.9. The van der Waals surface area contributed by atoms with Gasteiger partial charge in [0.25, 0.3) is 0 Å². The van der Waals surface area contributed by atoms with Crippen LogP contribution in [0.1, 0.15) is 23.7 Å². The first-order valence-corrected chi connectivity index (χ1v) is 11.8. The average molecular weight is 472 g/mol. The highest BCUT2D eigenvalue weighted by Gasteiger charge is 2.35. The Labute approximate surface area is 204 Å². The molecule has 7 heteroatoms. The van der Waals surface area contributed by atoms with Crippen molar-refractivity contribution in [3.63, 3.8) is 0 Å². The molecule has 0 unspecified atom stereocenters. The zero-order valence-corrected chi connectivity index (χ0v) is 19.9. The van der Waals surface area contributed by atoms with Crippen LogP contribution < -0.4 is 14.4 Å². The van der Waals surface area contributed by atoms with Gasteiger partial charge >= 0.3 is 0 Å². The van der Waals surface area contributed by atoms with Gasteiger partial charge in [0.2, 0.25) is 5.91 Å². The Morgan fingerprint density at radius 2 is 1.83 bits per heavy atom. The van der Waals surface area contributed by atoms with Crippen molar-refractivity contribution in [1.82, 2.24) is 9.55 Å². The number of hydrogen-bond acceptors (Lipinski definition) is 5. The summed E-state index contributed by atoms with van der Waals surface area (Å²) in [6.45, 7) is 3.04. The Hall–Kier alpha value is -3.84. The van der Waals surface area contributed by atoms with Crippen LogP contribution in [0.5, 0.6) is 11.5 Å². The van der Waals surface area contributed by atoms with Crippen LogP contribution in [0.2, 0.25) is 0 Å². The molecule has 2 heterocycles. The number of aliphatic hydroxyl groups excluding tert-OH is 1. The second kappa shape index (κ2) is 9.80. The number of amides is 1. The normalized spacial score (nSPS) is 16.6. The first kappa shape index (κ1) is 22.9. The third-order valence-electron chi connectivity index (χ3n) is 6.38. The van der Waals surface area contributed by atoms with Crippen molar-refractivity contribution >= 4 is 22.6 Å². The largest absolute Gasteiger partial charge is 0.497 e. The third kappa shape index (κ3) is 4.86. The number of carbonyl (C=O) groups excluding carboxylic acids is 1. The summed E-state index contributed by atoms with van der Waals surface area (Å²) >= 11 is 0. The van der Waals surface area contributed by atoms with E-state index in [1.165, 1.54) is 0 Å². The lowest BCUT2D eigenvalue weighted by Gasteiger charge is -2.19. The van der Waals surface area contributed by atoms with Crippen molar-refractivity contribution in [2.45, 2.75) is 31.9 Å². The van der Waals surface area contributed by atoms with Gasteiger partial charge in [-0.3, -0.25) is 4.79 Å². The Balaban J connectivity index is 1.36. The molecule has 7 nitrogen and oxygen atoms in total. The minimum absolute atomic E-state index is 0.0647. The molecule has 1 aliphatic rings. The molecule has 1 fully saturated rings. The van der Waals surface area contributed by atoms with Gasteiger partial charge in [-0.2, -0.15) is 0 Å². The number of fused-ring (bicyclic) bond motifs is 1. The number of hydrogen-bond donors (Lipinski definition) is 1. The fourth-order valence-corrected chi connectivity index (χ4v) is 4.65. The molecular formula is C28H29N3O4. The number of anilines is 1. The highest BCUT2D eigenvalue weighted by molar-refractivity contribution is 5.96. The zero-order chi connectivity index (χ0) is 24.4. The molecule has 1 amide bonds. The summed E-state index contributed by atoms with van der Waals surface area (Å²) < 4.78 is 13.0. The molecule has 1 aromatic heterocycles. The second-order valence-corrected chi connectivity index (χ2v) is 8.95. The molecule has 0 aliphatic carbocycles. The summed E-state index contributed by atoms with van der Waals surface area (Å²) in [5.41, 5.74) is 3.82. The third-order valence-corrected chi connectivity index (χ3v) is 6.38. The fraction of sp³-hybridized carbons (Fsp3) is 0.286. The molecule has 1 saturated heterocycles. The van der Waals surface area contributed by atoms with E-state index in [4.69, 9.17) is 14.5 Å². The molecule has 0 radical (unpaired) electrons. The van der Waals surface area contributed by atoms with Gasteiger partial charge in [0.15, 0.2) is 0 Å². The van der Waals surface area contributed by atoms with Crippen LogP contribution in [0.4, 0.5) is 5.69 Å². The number of benzene rings is 3. The molecule has 5 rings (SSSR count). The van der Waals surface area contributed by atoms with E-state index < -0.39 is 6.10 Å². The SMILES string of the molecule is COc1ccc(OC[C@H](O)Cn2c([C@@H]3CC(=O)N(c4cccc(C)c4)C3)nc3ccccc32)cc1. The highest BCUT2D eigenvalue weighted by Crippen LogP contribution is 2.33. The van der Waals surface area contributed by atoms with Crippen LogP contribution in [0.15, 0.2) is 72.8 Å². The zero-order valence-electron chi connectivity index (χ0n) is 19.9. The number of para-hydroxylation sites is 2. The van der Waals surface area contributed by atoms with E-state index in [2.05, 4.69) is 0 Å². The molecule has 1 aliphatic heterocycles. The van der Waals surface area contributed by atoms with E-state index in [1.54, 1.807) is 7.11 Å². The molecule has 0 spiro atoms. The van der Waals surface area contributed by atoms with Gasteiger partial charge in [0, 0.05) is 24.6 Å². The van der Waals surface area contributed by atoms with Gasteiger partial charge < -0.3 is 24.0 Å². The standard InChI is InChI=1S/C28H29N3O4/c1-19-6-5-7-21(14-19)30-16-20(15-27(30)33)28-29-25-8-3-4-9-26(25)31(28)17-22(32)18-35-24-12-10-23(34-2)11-13-24/h3-14,20,22,32H,15-18H2,1-2H3/t20-,22-/m1/s1. The van der Waals surface area contributed by atoms with Gasteiger partial charge in [-0.15, -0.1) is 0 Å². The smallest absolute Gasteiger partial charge is 0.227 e. The second-order valence-electron chi connectivity index (χ2n) is 8.95. The Kier molecular flexibility index (Phi) is 6.42. The predicted octanol–water partition coefficient (Wildman–Crippen LogP) is 4.31. The molecule has 35 heavy (non-hydrogen) atoms. The summed E-state index contributed by atoms with van der Waals surface area (Å²) in [6.07, 6.45) is -0.367. The number of aliphatic hydroxyl groups is 1. The van der Waals surface area contributed by atoms with Crippen molar-refractivity contribution in [3.05, 3.63) is 84.2 Å².